The Morgan fingerprint density at radius 1 is 1.10 bits per heavy atom. The van der Waals surface area contributed by atoms with Crippen molar-refractivity contribution >= 4 is 10.9 Å². The highest BCUT2D eigenvalue weighted by Gasteiger charge is 2.22. The van der Waals surface area contributed by atoms with E-state index in [-0.39, 0.29) is 0 Å². The third-order valence-electron chi connectivity index (χ3n) is 4.29. The largest absolute Gasteiger partial charge is 0.496 e. The van der Waals surface area contributed by atoms with Gasteiger partial charge in [-0.1, -0.05) is 30.3 Å². The fourth-order valence-electron chi connectivity index (χ4n) is 3.27. The Kier molecular flexibility index (Phi) is 2.93. The molecule has 0 saturated carbocycles. The van der Waals surface area contributed by atoms with Crippen LogP contribution < -0.4 is 4.74 Å². The number of aromatic amines is 1. The van der Waals surface area contributed by atoms with Crippen LogP contribution in [-0.4, -0.2) is 17.0 Å². The van der Waals surface area contributed by atoms with Gasteiger partial charge in [0, 0.05) is 42.3 Å². The molecule has 0 bridgehead atoms. The number of hydrogen-bond donors (Lipinski definition) is 1. The number of methoxy groups -OCH3 is 1. The molecule has 1 aliphatic heterocycles. The van der Waals surface area contributed by atoms with E-state index in [4.69, 9.17) is 4.74 Å². The second kappa shape index (κ2) is 4.93. The summed E-state index contributed by atoms with van der Waals surface area (Å²) < 4.78 is 5.48. The molecule has 2 heterocycles. The standard InChI is InChI=1S/C18H18N2O/c1-21-18-8-4-5-13-10-20(12-16(13)18)11-14-9-19-17-7-3-2-6-15(14)17/h2-9,19H,10-12H2,1H3. The summed E-state index contributed by atoms with van der Waals surface area (Å²) in [7, 11) is 1.75. The van der Waals surface area contributed by atoms with Gasteiger partial charge < -0.3 is 9.72 Å². The fourth-order valence-corrected chi connectivity index (χ4v) is 3.27. The van der Waals surface area contributed by atoms with E-state index in [1.54, 1.807) is 7.11 Å². The highest BCUT2D eigenvalue weighted by atomic mass is 16.5. The van der Waals surface area contributed by atoms with E-state index in [0.717, 1.165) is 25.4 Å². The lowest BCUT2D eigenvalue weighted by Gasteiger charge is -2.14. The maximum absolute atomic E-state index is 5.48. The van der Waals surface area contributed by atoms with Crippen LogP contribution >= 0.6 is 0 Å². The van der Waals surface area contributed by atoms with Crippen LogP contribution in [0, 0.1) is 0 Å². The third kappa shape index (κ3) is 2.10. The molecule has 2 aromatic carbocycles. The Morgan fingerprint density at radius 3 is 2.90 bits per heavy atom. The highest BCUT2D eigenvalue weighted by Crippen LogP contribution is 2.32. The minimum Gasteiger partial charge on any atom is -0.496 e. The molecule has 3 nitrogen and oxygen atoms in total. The number of para-hydroxylation sites is 1. The van der Waals surface area contributed by atoms with Crippen LogP contribution in [0.1, 0.15) is 16.7 Å². The van der Waals surface area contributed by atoms with Gasteiger partial charge in [0.2, 0.25) is 0 Å². The number of ether oxygens (including phenoxy) is 1. The van der Waals surface area contributed by atoms with Gasteiger partial charge in [0.15, 0.2) is 0 Å². The molecule has 3 heteroatoms. The molecular formula is C18H18N2O. The van der Waals surface area contributed by atoms with E-state index < -0.39 is 0 Å². The molecule has 0 fully saturated rings. The van der Waals surface area contributed by atoms with E-state index in [2.05, 4.69) is 52.5 Å². The number of benzene rings is 2. The van der Waals surface area contributed by atoms with E-state index in [9.17, 15) is 0 Å². The average Bonchev–Trinajstić information content (AvgIpc) is 3.11. The second-order valence-electron chi connectivity index (χ2n) is 5.60. The van der Waals surface area contributed by atoms with Crippen LogP contribution in [0.15, 0.2) is 48.7 Å². The molecule has 0 unspecified atom stereocenters. The predicted octanol–water partition coefficient (Wildman–Crippen LogP) is 3.69. The minimum atomic E-state index is 0.957. The van der Waals surface area contributed by atoms with Crippen molar-refractivity contribution < 1.29 is 4.74 Å². The van der Waals surface area contributed by atoms with Crippen LogP contribution in [0.5, 0.6) is 5.75 Å². The molecule has 1 aromatic heterocycles. The van der Waals surface area contributed by atoms with Crippen molar-refractivity contribution in [1.29, 1.82) is 0 Å². The maximum Gasteiger partial charge on any atom is 0.123 e. The first-order chi connectivity index (χ1) is 10.3. The van der Waals surface area contributed by atoms with Gasteiger partial charge in [-0.3, -0.25) is 4.90 Å². The number of hydrogen-bond acceptors (Lipinski definition) is 2. The molecule has 21 heavy (non-hydrogen) atoms. The van der Waals surface area contributed by atoms with Crippen molar-refractivity contribution in [2.24, 2.45) is 0 Å². The van der Waals surface area contributed by atoms with Crippen molar-refractivity contribution in [3.63, 3.8) is 0 Å². The molecular weight excluding hydrogens is 260 g/mol. The number of H-pyrrole nitrogens is 1. The Hall–Kier alpha value is -2.26. The molecule has 0 spiro atoms. The Balaban J connectivity index is 1.60. The van der Waals surface area contributed by atoms with E-state index >= 15 is 0 Å². The summed E-state index contributed by atoms with van der Waals surface area (Å²) in [5.74, 6) is 1.01. The van der Waals surface area contributed by atoms with Gasteiger partial charge in [-0.15, -0.1) is 0 Å². The molecule has 4 rings (SSSR count). The summed E-state index contributed by atoms with van der Waals surface area (Å²) in [6.45, 7) is 2.91. The van der Waals surface area contributed by atoms with Crippen molar-refractivity contribution in [3.8, 4) is 5.75 Å². The van der Waals surface area contributed by atoms with Gasteiger partial charge in [-0.25, -0.2) is 0 Å². The molecule has 3 aromatic rings. The van der Waals surface area contributed by atoms with Gasteiger partial charge in [-0.2, -0.15) is 0 Å². The topological polar surface area (TPSA) is 28.3 Å². The Morgan fingerprint density at radius 2 is 2.00 bits per heavy atom. The molecule has 0 amide bonds. The van der Waals surface area contributed by atoms with E-state index in [0.29, 0.717) is 0 Å². The van der Waals surface area contributed by atoms with E-state index in [1.165, 1.54) is 27.6 Å². The molecule has 1 aliphatic rings. The monoisotopic (exact) mass is 278 g/mol. The third-order valence-corrected chi connectivity index (χ3v) is 4.29. The van der Waals surface area contributed by atoms with Crippen molar-refractivity contribution in [1.82, 2.24) is 9.88 Å². The van der Waals surface area contributed by atoms with Crippen molar-refractivity contribution in [2.75, 3.05) is 7.11 Å². The van der Waals surface area contributed by atoms with Crippen LogP contribution in [0.3, 0.4) is 0 Å². The molecule has 1 N–H and O–H groups in total. The zero-order valence-electron chi connectivity index (χ0n) is 12.1. The predicted molar refractivity (Wildman–Crippen MR) is 84.2 cm³/mol. The lowest BCUT2D eigenvalue weighted by molar-refractivity contribution is 0.274. The maximum atomic E-state index is 5.48. The van der Waals surface area contributed by atoms with Gasteiger partial charge in [0.05, 0.1) is 7.11 Å². The summed E-state index contributed by atoms with van der Waals surface area (Å²) in [5.41, 5.74) is 5.29. The average molecular weight is 278 g/mol. The minimum absolute atomic E-state index is 0.957. The van der Waals surface area contributed by atoms with Gasteiger partial charge in [-0.05, 0) is 23.3 Å². The van der Waals surface area contributed by atoms with E-state index in [1.807, 2.05) is 6.07 Å². The molecule has 0 saturated heterocycles. The quantitative estimate of drug-likeness (QED) is 0.791. The number of aromatic nitrogens is 1. The van der Waals surface area contributed by atoms with Crippen LogP contribution in [0.2, 0.25) is 0 Å². The SMILES string of the molecule is COc1cccc2c1CN(Cc1c[nH]c3ccccc13)C2. The summed E-state index contributed by atoms with van der Waals surface area (Å²) >= 11 is 0. The molecule has 0 atom stereocenters. The number of fused-ring (bicyclic) bond motifs is 2. The highest BCUT2D eigenvalue weighted by molar-refractivity contribution is 5.82. The Labute approximate surface area is 124 Å². The second-order valence-corrected chi connectivity index (χ2v) is 5.60. The number of nitrogens with one attached hydrogen (secondary N) is 1. The molecule has 0 radical (unpaired) electrons. The first-order valence-electron chi connectivity index (χ1n) is 7.27. The van der Waals surface area contributed by atoms with Gasteiger partial charge >= 0.3 is 0 Å². The normalized spacial score (nSPS) is 14.5. The zero-order valence-corrected chi connectivity index (χ0v) is 12.1. The summed E-state index contributed by atoms with van der Waals surface area (Å²) in [4.78, 5) is 5.82. The van der Waals surface area contributed by atoms with Gasteiger partial charge in [0.1, 0.15) is 5.75 Å². The molecule has 0 aliphatic carbocycles. The first-order valence-corrected chi connectivity index (χ1v) is 7.27. The lowest BCUT2D eigenvalue weighted by Crippen LogP contribution is -2.15. The van der Waals surface area contributed by atoms with Crippen molar-refractivity contribution in [2.45, 2.75) is 19.6 Å². The lowest BCUT2D eigenvalue weighted by atomic mass is 10.1. The number of nitrogens with zero attached hydrogens (tertiary/aromatic N) is 1. The fraction of sp³-hybridized carbons (Fsp3) is 0.222. The summed E-state index contributed by atoms with van der Waals surface area (Å²) in [6, 6.07) is 14.8. The van der Waals surface area contributed by atoms with Crippen LogP contribution in [-0.2, 0) is 19.6 Å². The van der Waals surface area contributed by atoms with Crippen molar-refractivity contribution in [3.05, 3.63) is 65.4 Å². The zero-order chi connectivity index (χ0) is 14.2. The summed E-state index contributed by atoms with van der Waals surface area (Å²) in [5, 5.41) is 1.32. The van der Waals surface area contributed by atoms with Crippen LogP contribution in [0.25, 0.3) is 10.9 Å². The van der Waals surface area contributed by atoms with Crippen LogP contribution in [0.4, 0.5) is 0 Å². The number of rotatable bonds is 3. The smallest absolute Gasteiger partial charge is 0.123 e. The first kappa shape index (κ1) is 12.5. The molecule has 106 valence electrons. The van der Waals surface area contributed by atoms with Gasteiger partial charge in [0.25, 0.3) is 0 Å². The summed E-state index contributed by atoms with van der Waals surface area (Å²) in [6.07, 6.45) is 2.13. The Bertz CT molecular complexity index is 791.